The molecule has 3 N–H and O–H groups in total. The molecule has 0 aromatic carbocycles. The molecule has 58 heavy (non-hydrogen) atoms. The molecule has 6 aliphatic heterocycles. The molecule has 0 radical (unpaired) electrons. The minimum absolute atomic E-state index is 0.0438. The number of carbonyl (C=O) groups is 1. The van der Waals surface area contributed by atoms with E-state index in [1.165, 1.54) is 0 Å². The number of esters is 1. The van der Waals surface area contributed by atoms with Gasteiger partial charge >= 0.3 is 5.97 Å². The van der Waals surface area contributed by atoms with Crippen LogP contribution in [0.25, 0.3) is 0 Å². The third kappa shape index (κ3) is 8.96. The first-order valence-corrected chi connectivity index (χ1v) is 21.3. The van der Waals surface area contributed by atoms with E-state index >= 15 is 0 Å². The van der Waals surface area contributed by atoms with Crippen molar-refractivity contribution >= 4 is 5.97 Å². The quantitative estimate of drug-likeness (QED) is 0.258. The second-order valence-electron chi connectivity index (χ2n) is 17.8. The maximum absolute atomic E-state index is 14.1. The van der Waals surface area contributed by atoms with E-state index in [1.54, 1.807) is 40.2 Å². The Bertz CT molecular complexity index is 1570. The van der Waals surface area contributed by atoms with Crippen LogP contribution in [-0.2, 0) is 52.2 Å². The first-order chi connectivity index (χ1) is 27.6. The lowest BCUT2D eigenvalue weighted by molar-refractivity contribution is -0.318. The SMILES string of the molecule is CO[C@H]1C[C@H](O[C@H]2[C@H](C)OC(O[C@@H]3/C(C)=C/CC4CC(CC5(CC[C@H](C)CO5)O4)OC(=O)C4C=C(C)[C@@H](O)C5OC/C(=C\C=C\C3C)[C@@]45O)C[C@@H]2OC)O[C@@H](C)[C@@H]1O. The second-order valence-corrected chi connectivity index (χ2v) is 17.8. The Morgan fingerprint density at radius 3 is 2.34 bits per heavy atom. The lowest BCUT2D eigenvalue weighted by atomic mass is 9.71. The predicted octanol–water partition coefficient (Wildman–Crippen LogP) is 4.19. The van der Waals surface area contributed by atoms with Crippen molar-refractivity contribution in [2.45, 2.75) is 178 Å². The van der Waals surface area contributed by atoms with Gasteiger partial charge in [-0.15, -0.1) is 0 Å². The lowest BCUT2D eigenvalue weighted by Gasteiger charge is -2.47. The molecule has 7 rings (SSSR count). The van der Waals surface area contributed by atoms with E-state index in [9.17, 15) is 20.1 Å². The summed E-state index contributed by atoms with van der Waals surface area (Å²) in [6.45, 7) is 12.3. The van der Waals surface area contributed by atoms with Crippen molar-refractivity contribution in [3.8, 4) is 0 Å². The molecule has 2 bridgehead atoms. The van der Waals surface area contributed by atoms with Gasteiger partial charge in [0.15, 0.2) is 18.4 Å². The van der Waals surface area contributed by atoms with Gasteiger partial charge < -0.3 is 62.7 Å². The number of allylic oxidation sites excluding steroid dienone is 2. The maximum atomic E-state index is 14.1. The van der Waals surface area contributed by atoms with Gasteiger partial charge in [0, 0.05) is 52.2 Å². The van der Waals surface area contributed by atoms with Crippen LogP contribution in [0.3, 0.4) is 0 Å². The van der Waals surface area contributed by atoms with Crippen LogP contribution in [0.5, 0.6) is 0 Å². The molecule has 0 aromatic rings. The third-order valence-corrected chi connectivity index (χ3v) is 13.5. The number of aliphatic hydroxyl groups excluding tert-OH is 2. The minimum Gasteiger partial charge on any atom is -0.462 e. The summed E-state index contributed by atoms with van der Waals surface area (Å²) in [6.07, 6.45) is 5.65. The number of methoxy groups -OCH3 is 2. The number of carbonyl (C=O) groups excluding carboxylic acids is 1. The molecule has 0 saturated carbocycles. The van der Waals surface area contributed by atoms with Crippen molar-refractivity contribution in [1.29, 1.82) is 0 Å². The van der Waals surface area contributed by atoms with E-state index in [1.807, 2.05) is 26.0 Å². The number of hydrogen-bond donors (Lipinski definition) is 3. The van der Waals surface area contributed by atoms with Gasteiger partial charge in [0.2, 0.25) is 0 Å². The average molecular weight is 819 g/mol. The fourth-order valence-corrected chi connectivity index (χ4v) is 9.95. The highest BCUT2D eigenvalue weighted by Gasteiger charge is 2.60. The third-order valence-electron chi connectivity index (χ3n) is 13.5. The van der Waals surface area contributed by atoms with Crippen molar-refractivity contribution in [3.05, 3.63) is 47.1 Å². The van der Waals surface area contributed by atoms with Gasteiger partial charge in [-0.05, 0) is 63.2 Å². The molecule has 18 atom stereocenters. The molecule has 0 aromatic heterocycles. The van der Waals surface area contributed by atoms with E-state index in [4.69, 9.17) is 47.4 Å². The number of hydrogen-bond acceptors (Lipinski definition) is 14. The van der Waals surface area contributed by atoms with Gasteiger partial charge in [-0.1, -0.05) is 44.2 Å². The van der Waals surface area contributed by atoms with Crippen molar-refractivity contribution in [3.63, 3.8) is 0 Å². The van der Waals surface area contributed by atoms with Gasteiger partial charge in [-0.2, -0.15) is 0 Å². The largest absolute Gasteiger partial charge is 0.462 e. The molecule has 326 valence electrons. The second kappa shape index (κ2) is 18.1. The summed E-state index contributed by atoms with van der Waals surface area (Å²) in [6, 6.07) is 0. The van der Waals surface area contributed by atoms with Crippen molar-refractivity contribution < 1.29 is 67.5 Å². The molecule has 5 fully saturated rings. The standard InChI is InChI=1S/C44H66O14/c1-23-14-15-43(52-21-23)20-31-17-30(58-43)13-12-25(3)39(24(2)10-9-11-29-22-51-41-37(45)26(4)16-32(42(47)55-31)44(29,41)48)56-36-19-34(50-8)40(28(6)54-36)57-35-18-33(49-7)38(46)27(5)53-35/h9-12,16,23-24,27-28,30-41,45-46,48H,13-15,17-22H2,1-8H3/b10-9+,25-12+,29-11+/t23-,24?,27-,28-,30?,31?,32?,33-,34-,35-,36?,37+,38-,39-,40-,41?,43?,44+/m0/s1. The molecule has 5 saturated heterocycles. The van der Waals surface area contributed by atoms with Crippen molar-refractivity contribution in [2.75, 3.05) is 27.4 Å². The van der Waals surface area contributed by atoms with Crippen LogP contribution < -0.4 is 0 Å². The summed E-state index contributed by atoms with van der Waals surface area (Å²) < 4.78 is 62.8. The Kier molecular flexibility index (Phi) is 13.8. The fraction of sp³-hybridized carbons (Fsp3) is 0.795. The topological polar surface area (TPSA) is 170 Å². The van der Waals surface area contributed by atoms with E-state index in [0.717, 1.165) is 12.0 Å². The van der Waals surface area contributed by atoms with Crippen LogP contribution in [-0.4, -0.2) is 140 Å². The summed E-state index contributed by atoms with van der Waals surface area (Å²) in [5, 5.41) is 34.0. The highest BCUT2D eigenvalue weighted by Crippen LogP contribution is 2.47. The summed E-state index contributed by atoms with van der Waals surface area (Å²) in [5.41, 5.74) is 0.195. The summed E-state index contributed by atoms with van der Waals surface area (Å²) in [5.74, 6) is -2.32. The van der Waals surface area contributed by atoms with Crippen molar-refractivity contribution in [1.82, 2.24) is 0 Å². The molecule has 7 unspecified atom stereocenters. The molecule has 1 spiro atoms. The smallest absolute Gasteiger partial charge is 0.316 e. The lowest BCUT2D eigenvalue weighted by Crippen LogP contribution is -2.58. The monoisotopic (exact) mass is 818 g/mol. The van der Waals surface area contributed by atoms with Gasteiger partial charge in [0.25, 0.3) is 0 Å². The predicted molar refractivity (Wildman–Crippen MR) is 209 cm³/mol. The zero-order valence-electron chi connectivity index (χ0n) is 35.3. The van der Waals surface area contributed by atoms with Crippen LogP contribution in [0, 0.1) is 17.8 Å². The number of aliphatic hydroxyl groups is 3. The molecule has 14 nitrogen and oxygen atoms in total. The Morgan fingerprint density at radius 1 is 0.897 bits per heavy atom. The fourth-order valence-electron chi connectivity index (χ4n) is 9.95. The highest BCUT2D eigenvalue weighted by molar-refractivity contribution is 5.78. The molecule has 0 amide bonds. The maximum Gasteiger partial charge on any atom is 0.316 e. The molecule has 1 aliphatic carbocycles. The first kappa shape index (κ1) is 44.0. The summed E-state index contributed by atoms with van der Waals surface area (Å²) in [4.78, 5) is 14.1. The van der Waals surface area contributed by atoms with E-state index in [2.05, 4.69) is 19.9 Å². The Labute approximate surface area is 342 Å². The minimum atomic E-state index is -1.81. The molecule has 6 heterocycles. The van der Waals surface area contributed by atoms with E-state index in [0.29, 0.717) is 62.2 Å². The van der Waals surface area contributed by atoms with Crippen LogP contribution in [0.1, 0.15) is 86.5 Å². The van der Waals surface area contributed by atoms with Gasteiger partial charge in [0.05, 0.1) is 49.8 Å². The number of fused-ring (bicyclic) bond motifs is 2. The zero-order chi connectivity index (χ0) is 41.5. The molecular formula is C44H66O14. The Balaban J connectivity index is 1.16. The van der Waals surface area contributed by atoms with E-state index in [-0.39, 0.29) is 24.7 Å². The average Bonchev–Trinajstić information content (AvgIpc) is 3.53. The Hall–Kier alpha value is -2.05. The number of ether oxygens (including phenoxy) is 10. The molecular weight excluding hydrogens is 752 g/mol. The highest BCUT2D eigenvalue weighted by atomic mass is 16.7. The molecule has 7 aliphatic rings. The first-order valence-electron chi connectivity index (χ1n) is 21.3. The van der Waals surface area contributed by atoms with Crippen LogP contribution >= 0.6 is 0 Å². The van der Waals surface area contributed by atoms with E-state index < -0.39 is 90.8 Å². The van der Waals surface area contributed by atoms with Gasteiger partial charge in [0.1, 0.15) is 42.0 Å². The zero-order valence-corrected chi connectivity index (χ0v) is 35.3. The van der Waals surface area contributed by atoms with Crippen molar-refractivity contribution in [2.24, 2.45) is 17.8 Å². The molecule has 14 heteroatoms. The van der Waals surface area contributed by atoms with Crippen LogP contribution in [0.4, 0.5) is 0 Å². The number of rotatable bonds is 6. The normalized spacial score (nSPS) is 50.1. The van der Waals surface area contributed by atoms with Gasteiger partial charge in [-0.3, -0.25) is 4.79 Å². The van der Waals surface area contributed by atoms with Crippen LogP contribution in [0.2, 0.25) is 0 Å². The van der Waals surface area contributed by atoms with Gasteiger partial charge in [-0.25, -0.2) is 0 Å². The Morgan fingerprint density at radius 2 is 1.62 bits per heavy atom. The summed E-state index contributed by atoms with van der Waals surface area (Å²) >= 11 is 0. The van der Waals surface area contributed by atoms with Crippen LogP contribution in [0.15, 0.2) is 47.1 Å². The summed E-state index contributed by atoms with van der Waals surface area (Å²) in [7, 11) is 3.22.